The zero-order chi connectivity index (χ0) is 23.7. The molecule has 0 aromatic heterocycles. The fraction of sp³-hybridized carbons (Fsp3) is 0.103. The van der Waals surface area contributed by atoms with Crippen LogP contribution in [0, 0.1) is 6.92 Å². The Labute approximate surface area is 198 Å². The molecule has 1 aliphatic heterocycles. The molecule has 5 heteroatoms. The van der Waals surface area contributed by atoms with E-state index in [4.69, 9.17) is 4.74 Å². The van der Waals surface area contributed by atoms with Crippen LogP contribution in [0.1, 0.15) is 16.7 Å². The van der Waals surface area contributed by atoms with Crippen LogP contribution in [0.25, 0.3) is 16.3 Å². The van der Waals surface area contributed by atoms with Gasteiger partial charge in [-0.05, 0) is 41.6 Å². The van der Waals surface area contributed by atoms with E-state index in [0.717, 1.165) is 27.6 Å². The molecule has 0 atom stereocenters. The van der Waals surface area contributed by atoms with Gasteiger partial charge in [-0.25, -0.2) is 0 Å². The maximum atomic E-state index is 13.6. The predicted octanol–water partition coefficient (Wildman–Crippen LogP) is 5.55. The molecule has 4 aromatic carbocycles. The number of ether oxygens (including phenoxy) is 1. The number of hydrogen-bond acceptors (Lipinski definition) is 4. The van der Waals surface area contributed by atoms with E-state index < -0.39 is 0 Å². The van der Waals surface area contributed by atoms with Crippen molar-refractivity contribution in [1.82, 2.24) is 4.90 Å². The van der Waals surface area contributed by atoms with E-state index in [1.807, 2.05) is 73.7 Å². The number of anilines is 1. The summed E-state index contributed by atoms with van der Waals surface area (Å²) in [6, 6.07) is 28.9. The average Bonchev–Trinajstić information content (AvgIpc) is 3.09. The number of imide groups is 1. The quantitative estimate of drug-likeness (QED) is 0.393. The average molecular weight is 449 g/mol. The molecule has 0 fully saturated rings. The lowest BCUT2D eigenvalue weighted by molar-refractivity contribution is -0.137. The van der Waals surface area contributed by atoms with Crippen molar-refractivity contribution in [1.29, 1.82) is 0 Å². The van der Waals surface area contributed by atoms with Gasteiger partial charge < -0.3 is 10.1 Å². The molecule has 1 aliphatic rings. The second-order valence-corrected chi connectivity index (χ2v) is 8.31. The van der Waals surface area contributed by atoms with Crippen molar-refractivity contribution < 1.29 is 14.3 Å². The molecule has 0 spiro atoms. The van der Waals surface area contributed by atoms with E-state index in [0.29, 0.717) is 16.9 Å². The van der Waals surface area contributed by atoms with E-state index >= 15 is 0 Å². The minimum atomic E-state index is -0.343. The molecule has 1 N–H and O–H groups in total. The summed E-state index contributed by atoms with van der Waals surface area (Å²) in [5.41, 5.74) is 4.09. The molecule has 34 heavy (non-hydrogen) atoms. The van der Waals surface area contributed by atoms with Gasteiger partial charge in [-0.3, -0.25) is 14.5 Å². The topological polar surface area (TPSA) is 58.6 Å². The maximum Gasteiger partial charge on any atom is 0.278 e. The third-order valence-electron chi connectivity index (χ3n) is 6.06. The minimum absolute atomic E-state index is 0.207. The summed E-state index contributed by atoms with van der Waals surface area (Å²) in [6.07, 6.45) is 0. The molecule has 2 amide bonds. The van der Waals surface area contributed by atoms with Gasteiger partial charge in [0, 0.05) is 11.1 Å². The van der Waals surface area contributed by atoms with Crippen molar-refractivity contribution in [2.75, 3.05) is 12.4 Å². The van der Waals surface area contributed by atoms with Gasteiger partial charge in [-0.1, -0.05) is 78.4 Å². The lowest BCUT2D eigenvalue weighted by atomic mass is 10.0. The molecule has 168 valence electrons. The summed E-state index contributed by atoms with van der Waals surface area (Å²) < 4.78 is 5.27. The minimum Gasteiger partial charge on any atom is -0.497 e. The number of hydrogen-bond donors (Lipinski definition) is 1. The second kappa shape index (κ2) is 8.87. The number of benzene rings is 4. The Bertz CT molecular complexity index is 1410. The van der Waals surface area contributed by atoms with Crippen molar-refractivity contribution in [2.45, 2.75) is 13.5 Å². The number of amides is 2. The largest absolute Gasteiger partial charge is 0.497 e. The zero-order valence-corrected chi connectivity index (χ0v) is 19.0. The molecule has 0 aliphatic carbocycles. The van der Waals surface area contributed by atoms with Gasteiger partial charge in [0.1, 0.15) is 11.4 Å². The van der Waals surface area contributed by atoms with Gasteiger partial charge in [0.2, 0.25) is 0 Å². The fourth-order valence-corrected chi connectivity index (χ4v) is 4.21. The number of carbonyl (C=O) groups excluding carboxylic acids is 2. The van der Waals surface area contributed by atoms with E-state index in [9.17, 15) is 9.59 Å². The molecule has 1 heterocycles. The molecule has 0 bridgehead atoms. The summed E-state index contributed by atoms with van der Waals surface area (Å²) in [6.45, 7) is 2.21. The zero-order valence-electron chi connectivity index (χ0n) is 19.0. The van der Waals surface area contributed by atoms with Gasteiger partial charge in [0.15, 0.2) is 0 Å². The van der Waals surface area contributed by atoms with Gasteiger partial charge in [-0.15, -0.1) is 0 Å². The molecule has 5 nitrogen and oxygen atoms in total. The van der Waals surface area contributed by atoms with Crippen LogP contribution in [0.5, 0.6) is 5.75 Å². The van der Waals surface area contributed by atoms with Gasteiger partial charge in [0.05, 0.1) is 19.2 Å². The highest BCUT2D eigenvalue weighted by Crippen LogP contribution is 2.34. The van der Waals surface area contributed by atoms with Crippen molar-refractivity contribution >= 4 is 33.8 Å². The fourth-order valence-electron chi connectivity index (χ4n) is 4.21. The third kappa shape index (κ3) is 3.92. The SMILES string of the molecule is COc1ccc(C2=C(Nc3cccc4ccccc34)C(=O)N(Cc3ccc(C)cc3)C2=O)cc1. The predicted molar refractivity (Wildman–Crippen MR) is 134 cm³/mol. The number of aryl methyl sites for hydroxylation is 1. The third-order valence-corrected chi connectivity index (χ3v) is 6.06. The van der Waals surface area contributed by atoms with Crippen LogP contribution in [-0.2, 0) is 16.1 Å². The lowest BCUT2D eigenvalue weighted by Gasteiger charge is -2.16. The Morgan fingerprint density at radius 1 is 0.794 bits per heavy atom. The van der Waals surface area contributed by atoms with Crippen LogP contribution < -0.4 is 10.1 Å². The first-order valence-corrected chi connectivity index (χ1v) is 11.1. The molecule has 0 saturated carbocycles. The van der Waals surface area contributed by atoms with Crippen molar-refractivity contribution in [3.05, 3.63) is 113 Å². The van der Waals surface area contributed by atoms with Crippen molar-refractivity contribution in [3.8, 4) is 5.75 Å². The molecule has 0 saturated heterocycles. The number of carbonyl (C=O) groups is 2. The van der Waals surface area contributed by atoms with Gasteiger partial charge in [0.25, 0.3) is 11.8 Å². The van der Waals surface area contributed by atoms with Crippen LogP contribution >= 0.6 is 0 Å². The number of nitrogens with one attached hydrogen (secondary N) is 1. The first-order chi connectivity index (χ1) is 16.5. The van der Waals surface area contributed by atoms with E-state index in [-0.39, 0.29) is 24.1 Å². The van der Waals surface area contributed by atoms with Crippen molar-refractivity contribution in [2.24, 2.45) is 0 Å². The van der Waals surface area contributed by atoms with Gasteiger partial charge >= 0.3 is 0 Å². The van der Waals surface area contributed by atoms with Crippen LogP contribution in [0.4, 0.5) is 5.69 Å². The maximum absolute atomic E-state index is 13.6. The number of fused-ring (bicyclic) bond motifs is 1. The molecular weight excluding hydrogens is 424 g/mol. The Kier molecular flexibility index (Phi) is 5.60. The summed E-state index contributed by atoms with van der Waals surface area (Å²) in [7, 11) is 1.59. The van der Waals surface area contributed by atoms with E-state index in [1.54, 1.807) is 31.4 Å². The smallest absolute Gasteiger partial charge is 0.278 e. The Morgan fingerprint density at radius 3 is 2.24 bits per heavy atom. The van der Waals surface area contributed by atoms with E-state index in [1.165, 1.54) is 4.90 Å². The highest BCUT2D eigenvalue weighted by molar-refractivity contribution is 6.36. The van der Waals surface area contributed by atoms with E-state index in [2.05, 4.69) is 5.32 Å². The first kappa shape index (κ1) is 21.5. The Morgan fingerprint density at radius 2 is 1.50 bits per heavy atom. The Balaban J connectivity index is 1.58. The second-order valence-electron chi connectivity index (χ2n) is 8.31. The highest BCUT2D eigenvalue weighted by atomic mass is 16.5. The molecule has 0 radical (unpaired) electrons. The number of methoxy groups -OCH3 is 1. The van der Waals surface area contributed by atoms with Crippen LogP contribution in [-0.4, -0.2) is 23.8 Å². The summed E-state index contributed by atoms with van der Waals surface area (Å²) in [5, 5.41) is 5.33. The van der Waals surface area contributed by atoms with Crippen LogP contribution in [0.2, 0.25) is 0 Å². The summed E-state index contributed by atoms with van der Waals surface area (Å²) in [4.78, 5) is 28.5. The lowest BCUT2D eigenvalue weighted by Crippen LogP contribution is -2.32. The van der Waals surface area contributed by atoms with Gasteiger partial charge in [-0.2, -0.15) is 0 Å². The van der Waals surface area contributed by atoms with Crippen molar-refractivity contribution in [3.63, 3.8) is 0 Å². The highest BCUT2D eigenvalue weighted by Gasteiger charge is 2.39. The summed E-state index contributed by atoms with van der Waals surface area (Å²) in [5.74, 6) is 0.0176. The molecular formula is C29H24N2O3. The molecule has 5 rings (SSSR count). The monoisotopic (exact) mass is 448 g/mol. The van der Waals surface area contributed by atoms with Crippen LogP contribution in [0.15, 0.2) is 96.7 Å². The number of rotatable bonds is 6. The standard InChI is InChI=1S/C29H24N2O3/c1-19-10-12-20(13-11-19)18-31-28(32)26(22-14-16-23(34-2)17-15-22)27(29(31)33)30-25-9-5-7-21-6-3-4-8-24(21)25/h3-17,30H,18H2,1-2H3. The molecule has 4 aromatic rings. The first-order valence-electron chi connectivity index (χ1n) is 11.1. The summed E-state index contributed by atoms with van der Waals surface area (Å²) >= 11 is 0. The van der Waals surface area contributed by atoms with Crippen LogP contribution in [0.3, 0.4) is 0 Å². The Hall–Kier alpha value is -4.38. The number of nitrogens with zero attached hydrogens (tertiary/aromatic N) is 1. The normalized spacial score (nSPS) is 13.6. The molecule has 0 unspecified atom stereocenters.